The maximum Gasteiger partial charge on any atom is 0.266 e. The number of benzene rings is 2. The third-order valence-corrected chi connectivity index (χ3v) is 4.79. The largest absolute Gasteiger partial charge is 0.493 e. The van der Waals surface area contributed by atoms with Crippen LogP contribution in [0.5, 0.6) is 5.75 Å². The van der Waals surface area contributed by atoms with E-state index in [9.17, 15) is 10.1 Å². The van der Waals surface area contributed by atoms with Gasteiger partial charge < -0.3 is 10.1 Å². The number of hydrogen-bond acceptors (Lipinski definition) is 3. The molecule has 0 aliphatic carbocycles. The molecule has 25 heavy (non-hydrogen) atoms. The Balaban J connectivity index is 2.25. The minimum atomic E-state index is -0.560. The highest BCUT2D eigenvalue weighted by Gasteiger charge is 2.13. The number of carbonyl (C=O) groups excluding carboxylic acids is 1. The van der Waals surface area contributed by atoms with Crippen molar-refractivity contribution in [3.63, 3.8) is 0 Å². The van der Waals surface area contributed by atoms with Crippen LogP contribution in [0.3, 0.4) is 0 Å². The number of rotatable bonds is 5. The third-order valence-electron chi connectivity index (χ3n) is 3.13. The van der Waals surface area contributed by atoms with Gasteiger partial charge in [-0.15, -0.1) is 0 Å². The Bertz CT molecular complexity index is 876. The summed E-state index contributed by atoms with van der Waals surface area (Å²) in [6, 6.07) is 12.2. The van der Waals surface area contributed by atoms with Crippen LogP contribution in [0.4, 0.5) is 5.69 Å². The predicted octanol–water partition coefficient (Wildman–Crippen LogP) is 5.54. The summed E-state index contributed by atoms with van der Waals surface area (Å²) >= 11 is 14.1. The van der Waals surface area contributed by atoms with Gasteiger partial charge in [0.25, 0.3) is 5.91 Å². The maximum absolute atomic E-state index is 12.3. The topological polar surface area (TPSA) is 62.1 Å². The average molecular weight is 487 g/mol. The molecule has 0 aromatic heterocycles. The lowest BCUT2D eigenvalue weighted by atomic mass is 10.1. The van der Waals surface area contributed by atoms with Crippen LogP contribution < -0.4 is 10.1 Å². The molecule has 7 heteroatoms. The summed E-state index contributed by atoms with van der Waals surface area (Å²) in [4.78, 5) is 12.3. The van der Waals surface area contributed by atoms with Crippen molar-refractivity contribution in [1.82, 2.24) is 0 Å². The number of halogens is 3. The Morgan fingerprint density at radius 1 is 1.36 bits per heavy atom. The van der Waals surface area contributed by atoms with Crippen LogP contribution in [0.25, 0.3) is 6.08 Å². The number of hydrogen-bond donors (Lipinski definition) is 1. The molecule has 0 atom stereocenters. The zero-order valence-electron chi connectivity index (χ0n) is 13.1. The number of amides is 1. The Morgan fingerprint density at radius 3 is 2.76 bits per heavy atom. The minimum Gasteiger partial charge on any atom is -0.493 e. The van der Waals surface area contributed by atoms with Crippen LogP contribution in [0, 0.1) is 14.9 Å². The van der Waals surface area contributed by atoms with Crippen LogP contribution >= 0.6 is 45.8 Å². The van der Waals surface area contributed by atoms with Crippen molar-refractivity contribution in [1.29, 1.82) is 5.26 Å². The molecule has 0 spiro atoms. The summed E-state index contributed by atoms with van der Waals surface area (Å²) in [5.41, 5.74) is 1.02. The van der Waals surface area contributed by atoms with Crippen LogP contribution in [0.15, 0.2) is 42.0 Å². The van der Waals surface area contributed by atoms with Crippen molar-refractivity contribution >= 4 is 63.5 Å². The van der Waals surface area contributed by atoms with Gasteiger partial charge >= 0.3 is 0 Å². The molecular formula is C18H13Cl2IN2O2. The van der Waals surface area contributed by atoms with Crippen LogP contribution in [0.2, 0.25) is 10.0 Å². The van der Waals surface area contributed by atoms with Gasteiger partial charge in [0.1, 0.15) is 17.4 Å². The first-order valence-corrected chi connectivity index (χ1v) is 9.09. The average Bonchev–Trinajstić information content (AvgIpc) is 2.59. The molecular weight excluding hydrogens is 474 g/mol. The quantitative estimate of drug-likeness (QED) is 0.342. The number of carbonyl (C=O) groups is 1. The molecule has 0 bridgehead atoms. The van der Waals surface area contributed by atoms with Crippen LogP contribution in [-0.2, 0) is 4.79 Å². The monoisotopic (exact) mass is 486 g/mol. The predicted molar refractivity (Wildman–Crippen MR) is 109 cm³/mol. The maximum atomic E-state index is 12.3. The van der Waals surface area contributed by atoms with Crippen molar-refractivity contribution in [3.05, 3.63) is 61.2 Å². The van der Waals surface area contributed by atoms with Crippen molar-refractivity contribution in [2.24, 2.45) is 0 Å². The lowest BCUT2D eigenvalue weighted by Gasteiger charge is -2.08. The second kappa shape index (κ2) is 9.09. The summed E-state index contributed by atoms with van der Waals surface area (Å²) < 4.78 is 6.37. The Kier molecular flexibility index (Phi) is 7.12. The first-order valence-electron chi connectivity index (χ1n) is 7.25. The number of ether oxygens (including phenoxy) is 1. The molecule has 2 aromatic rings. The second-order valence-electron chi connectivity index (χ2n) is 4.85. The van der Waals surface area contributed by atoms with Gasteiger partial charge in [0.2, 0.25) is 0 Å². The van der Waals surface area contributed by atoms with E-state index in [1.807, 2.05) is 19.1 Å². The summed E-state index contributed by atoms with van der Waals surface area (Å²) in [5.74, 6) is 0.199. The molecule has 0 unspecified atom stereocenters. The lowest BCUT2D eigenvalue weighted by molar-refractivity contribution is -0.112. The van der Waals surface area contributed by atoms with Crippen LogP contribution in [0.1, 0.15) is 12.5 Å². The van der Waals surface area contributed by atoms with E-state index < -0.39 is 5.91 Å². The van der Waals surface area contributed by atoms with Gasteiger partial charge in [0, 0.05) is 0 Å². The van der Waals surface area contributed by atoms with E-state index in [2.05, 4.69) is 27.9 Å². The lowest BCUT2D eigenvalue weighted by Crippen LogP contribution is -2.13. The Labute approximate surface area is 169 Å². The molecule has 0 saturated heterocycles. The van der Waals surface area contributed by atoms with E-state index in [4.69, 9.17) is 27.9 Å². The van der Waals surface area contributed by atoms with Gasteiger partial charge in [-0.05, 0) is 65.4 Å². The Morgan fingerprint density at radius 2 is 2.12 bits per heavy atom. The molecule has 0 aliphatic heterocycles. The third kappa shape index (κ3) is 5.11. The number of nitrogens with one attached hydrogen (secondary N) is 1. The highest BCUT2D eigenvalue weighted by atomic mass is 127. The zero-order valence-corrected chi connectivity index (χ0v) is 16.8. The smallest absolute Gasteiger partial charge is 0.266 e. The van der Waals surface area contributed by atoms with Crippen molar-refractivity contribution in [2.45, 2.75) is 6.92 Å². The van der Waals surface area contributed by atoms with Gasteiger partial charge in [-0.2, -0.15) is 5.26 Å². The molecule has 2 aromatic carbocycles. The summed E-state index contributed by atoms with van der Waals surface area (Å²) in [6.07, 6.45) is 1.51. The van der Waals surface area contributed by atoms with E-state index in [0.717, 1.165) is 14.9 Å². The SMILES string of the molecule is CCOc1ccc(/C=C(/C#N)C(=O)Nc2cccc(Cl)c2Cl)cc1I. The van der Waals surface area contributed by atoms with E-state index in [1.165, 1.54) is 6.08 Å². The first kappa shape index (κ1) is 19.6. The molecule has 1 N–H and O–H groups in total. The summed E-state index contributed by atoms with van der Waals surface area (Å²) in [7, 11) is 0. The van der Waals surface area contributed by atoms with Gasteiger partial charge in [-0.25, -0.2) is 0 Å². The highest BCUT2D eigenvalue weighted by Crippen LogP contribution is 2.30. The second-order valence-corrected chi connectivity index (χ2v) is 6.80. The van der Waals surface area contributed by atoms with E-state index in [1.54, 1.807) is 30.3 Å². The molecule has 0 fully saturated rings. The van der Waals surface area contributed by atoms with Gasteiger partial charge in [0.05, 0.1) is 25.9 Å². The van der Waals surface area contributed by atoms with Gasteiger partial charge in [-0.3, -0.25) is 4.79 Å². The van der Waals surface area contributed by atoms with E-state index in [0.29, 0.717) is 17.3 Å². The summed E-state index contributed by atoms with van der Waals surface area (Å²) in [5, 5.41) is 12.4. The molecule has 2 rings (SSSR count). The molecule has 1 amide bonds. The highest BCUT2D eigenvalue weighted by molar-refractivity contribution is 14.1. The van der Waals surface area contributed by atoms with Gasteiger partial charge in [-0.1, -0.05) is 35.3 Å². The molecule has 4 nitrogen and oxygen atoms in total. The van der Waals surface area contributed by atoms with E-state index >= 15 is 0 Å². The van der Waals surface area contributed by atoms with Crippen molar-refractivity contribution in [3.8, 4) is 11.8 Å². The fourth-order valence-electron chi connectivity index (χ4n) is 1.98. The van der Waals surface area contributed by atoms with Crippen LogP contribution in [-0.4, -0.2) is 12.5 Å². The fraction of sp³-hybridized carbons (Fsp3) is 0.111. The van der Waals surface area contributed by atoms with Crippen molar-refractivity contribution < 1.29 is 9.53 Å². The number of anilines is 1. The molecule has 0 heterocycles. The first-order chi connectivity index (χ1) is 12.0. The Hall–Kier alpha value is -1.75. The minimum absolute atomic E-state index is 0.0454. The molecule has 0 aliphatic rings. The molecule has 0 radical (unpaired) electrons. The fourth-order valence-corrected chi connectivity index (χ4v) is 3.03. The molecule has 0 saturated carbocycles. The van der Waals surface area contributed by atoms with E-state index in [-0.39, 0.29) is 10.6 Å². The van der Waals surface area contributed by atoms with Gasteiger partial charge in [0.15, 0.2) is 0 Å². The number of nitrogens with zero attached hydrogens (tertiary/aromatic N) is 1. The number of nitriles is 1. The molecule has 128 valence electrons. The summed E-state index contributed by atoms with van der Waals surface area (Å²) in [6.45, 7) is 2.47. The van der Waals surface area contributed by atoms with Crippen molar-refractivity contribution in [2.75, 3.05) is 11.9 Å². The zero-order chi connectivity index (χ0) is 18.4. The normalized spacial score (nSPS) is 10.9. The standard InChI is InChI=1S/C18H13Cl2IN2O2/c1-2-25-16-7-6-11(9-14(16)21)8-12(10-22)18(24)23-15-5-3-4-13(19)17(15)20/h3-9H,2H2,1H3,(H,23,24)/b12-8-.